The van der Waals surface area contributed by atoms with Gasteiger partial charge in [0, 0.05) is 18.1 Å². The van der Waals surface area contributed by atoms with Gasteiger partial charge in [-0.05, 0) is 37.7 Å². The zero-order chi connectivity index (χ0) is 36.6. The third-order valence-corrected chi connectivity index (χ3v) is 11.8. The van der Waals surface area contributed by atoms with E-state index in [0.29, 0.717) is 0 Å². The SMILES string of the molecule is CCCCCCCCCCCCCCCCC[n+]1ccc(CCCCCCCCCCCCCC)c(CCCCCCCCCCCCCC)c1. The van der Waals surface area contributed by atoms with Gasteiger partial charge in [0.15, 0.2) is 12.4 Å². The van der Waals surface area contributed by atoms with Crippen LogP contribution < -0.4 is 4.57 Å². The van der Waals surface area contributed by atoms with Gasteiger partial charge in [0.1, 0.15) is 6.54 Å². The highest BCUT2D eigenvalue weighted by atomic mass is 14.9. The third kappa shape index (κ3) is 33.5. The van der Waals surface area contributed by atoms with Gasteiger partial charge in [0.25, 0.3) is 0 Å². The van der Waals surface area contributed by atoms with Crippen molar-refractivity contribution < 1.29 is 4.57 Å². The summed E-state index contributed by atoms with van der Waals surface area (Å²) in [6, 6.07) is 2.51. The molecule has 0 saturated heterocycles. The molecule has 0 unspecified atom stereocenters. The van der Waals surface area contributed by atoms with Crippen LogP contribution in [0, 0.1) is 0 Å². The molecule has 0 aromatic carbocycles. The number of rotatable bonds is 42. The van der Waals surface area contributed by atoms with Crippen LogP contribution in [0.15, 0.2) is 18.5 Å². The van der Waals surface area contributed by atoms with Crippen molar-refractivity contribution in [3.05, 3.63) is 29.6 Å². The number of hydrogen-bond donors (Lipinski definition) is 0. The first-order chi connectivity index (χ1) is 25.3. The summed E-state index contributed by atoms with van der Waals surface area (Å²) in [5.41, 5.74) is 3.34. The maximum atomic E-state index is 2.57. The third-order valence-electron chi connectivity index (χ3n) is 11.8. The van der Waals surface area contributed by atoms with Crippen molar-refractivity contribution in [2.45, 2.75) is 291 Å². The Morgan fingerprint density at radius 1 is 0.294 bits per heavy atom. The normalized spacial score (nSPS) is 11.6. The van der Waals surface area contributed by atoms with Crippen LogP contribution in [0.3, 0.4) is 0 Å². The second kappa shape index (κ2) is 40.3. The summed E-state index contributed by atoms with van der Waals surface area (Å²) in [7, 11) is 0. The molecule has 0 spiro atoms. The summed E-state index contributed by atoms with van der Waals surface area (Å²) in [6.07, 6.45) is 63.8. The molecule has 0 radical (unpaired) electrons. The van der Waals surface area contributed by atoms with E-state index in [1.54, 1.807) is 11.1 Å². The van der Waals surface area contributed by atoms with Crippen LogP contribution in [0.1, 0.15) is 282 Å². The number of nitrogens with zero attached hydrogens (tertiary/aromatic N) is 1. The van der Waals surface area contributed by atoms with Gasteiger partial charge in [0.05, 0.1) is 0 Å². The lowest BCUT2D eigenvalue weighted by Gasteiger charge is -2.10. The molecule has 1 aromatic heterocycles. The highest BCUT2D eigenvalue weighted by Crippen LogP contribution is 2.19. The molecule has 300 valence electrons. The fourth-order valence-electron chi connectivity index (χ4n) is 8.21. The number of aromatic nitrogens is 1. The van der Waals surface area contributed by atoms with Crippen LogP contribution >= 0.6 is 0 Å². The number of unbranched alkanes of at least 4 members (excludes halogenated alkanes) is 36. The maximum Gasteiger partial charge on any atom is 0.172 e. The Morgan fingerprint density at radius 2 is 0.549 bits per heavy atom. The Kier molecular flexibility index (Phi) is 38.1. The van der Waals surface area contributed by atoms with Gasteiger partial charge in [-0.15, -0.1) is 0 Å². The highest BCUT2D eigenvalue weighted by molar-refractivity contribution is 5.21. The summed E-state index contributed by atoms with van der Waals surface area (Å²) in [5.74, 6) is 0. The van der Waals surface area contributed by atoms with E-state index >= 15 is 0 Å². The lowest BCUT2D eigenvalue weighted by atomic mass is 9.97. The van der Waals surface area contributed by atoms with Gasteiger partial charge < -0.3 is 0 Å². The summed E-state index contributed by atoms with van der Waals surface area (Å²) < 4.78 is 2.55. The Labute approximate surface area is 323 Å². The molecule has 0 aliphatic rings. The fourth-order valence-corrected chi connectivity index (χ4v) is 8.21. The predicted octanol–water partition coefficient (Wildman–Crippen LogP) is 17.3. The number of pyridine rings is 1. The highest BCUT2D eigenvalue weighted by Gasteiger charge is 2.10. The topological polar surface area (TPSA) is 3.88 Å². The lowest BCUT2D eigenvalue weighted by Crippen LogP contribution is -2.34. The van der Waals surface area contributed by atoms with Gasteiger partial charge in [-0.1, -0.05) is 245 Å². The van der Waals surface area contributed by atoms with Crippen LogP contribution in [0.5, 0.6) is 0 Å². The minimum absolute atomic E-state index is 1.21. The quantitative estimate of drug-likeness (QED) is 0.0470. The monoisotopic (exact) mass is 711 g/mol. The summed E-state index contributed by atoms with van der Waals surface area (Å²) in [5, 5.41) is 0. The molecule has 0 aliphatic carbocycles. The number of hydrogen-bond acceptors (Lipinski definition) is 0. The Morgan fingerprint density at radius 3 is 0.863 bits per heavy atom. The van der Waals surface area contributed by atoms with E-state index in [1.807, 2.05) is 0 Å². The van der Waals surface area contributed by atoms with Gasteiger partial charge >= 0.3 is 0 Å². The minimum Gasteiger partial charge on any atom is -0.205 e. The molecule has 0 aliphatic heterocycles. The Hall–Kier alpha value is -0.850. The molecular weight excluding hydrogens is 615 g/mol. The van der Waals surface area contributed by atoms with E-state index in [0.717, 1.165) is 0 Å². The molecule has 1 rings (SSSR count). The summed E-state index contributed by atoms with van der Waals surface area (Å²) in [4.78, 5) is 0. The Balaban J connectivity index is 2.29. The average Bonchev–Trinajstić information content (AvgIpc) is 3.14. The molecular formula is C50H96N+. The van der Waals surface area contributed by atoms with E-state index in [9.17, 15) is 0 Å². The second-order valence-corrected chi connectivity index (χ2v) is 17.0. The van der Waals surface area contributed by atoms with Gasteiger partial charge in [-0.25, -0.2) is 4.57 Å². The van der Waals surface area contributed by atoms with Crippen molar-refractivity contribution in [3.63, 3.8) is 0 Å². The molecule has 0 saturated carbocycles. The first-order valence-electron chi connectivity index (χ1n) is 24.3. The van der Waals surface area contributed by atoms with Crippen LogP contribution in [-0.2, 0) is 19.4 Å². The average molecular weight is 711 g/mol. The zero-order valence-electron chi connectivity index (χ0n) is 35.9. The fraction of sp³-hybridized carbons (Fsp3) is 0.900. The molecule has 1 heteroatoms. The predicted molar refractivity (Wildman–Crippen MR) is 231 cm³/mol. The minimum atomic E-state index is 1.21. The molecule has 0 atom stereocenters. The van der Waals surface area contributed by atoms with Crippen molar-refractivity contribution in [1.82, 2.24) is 0 Å². The zero-order valence-corrected chi connectivity index (χ0v) is 35.9. The maximum absolute atomic E-state index is 2.57. The van der Waals surface area contributed by atoms with E-state index in [4.69, 9.17) is 0 Å². The van der Waals surface area contributed by atoms with E-state index in [2.05, 4.69) is 43.8 Å². The smallest absolute Gasteiger partial charge is 0.172 e. The Bertz CT molecular complexity index is 798. The molecule has 0 fully saturated rings. The first-order valence-corrected chi connectivity index (χ1v) is 24.3. The van der Waals surface area contributed by atoms with Crippen molar-refractivity contribution in [2.24, 2.45) is 0 Å². The van der Waals surface area contributed by atoms with Gasteiger partial charge in [-0.2, -0.15) is 0 Å². The van der Waals surface area contributed by atoms with E-state index in [-0.39, 0.29) is 0 Å². The van der Waals surface area contributed by atoms with Crippen molar-refractivity contribution in [1.29, 1.82) is 0 Å². The molecule has 0 amide bonds. The molecule has 1 nitrogen and oxygen atoms in total. The van der Waals surface area contributed by atoms with E-state index in [1.165, 1.54) is 270 Å². The molecule has 0 bridgehead atoms. The van der Waals surface area contributed by atoms with Crippen molar-refractivity contribution >= 4 is 0 Å². The van der Waals surface area contributed by atoms with Crippen molar-refractivity contribution in [3.8, 4) is 0 Å². The lowest BCUT2D eigenvalue weighted by molar-refractivity contribution is -0.697. The largest absolute Gasteiger partial charge is 0.205 e. The van der Waals surface area contributed by atoms with Crippen LogP contribution in [0.4, 0.5) is 0 Å². The standard InChI is InChI=1S/C50H96N/c1-4-7-10-13-16-19-22-25-26-27-30-33-36-39-42-46-51-47-45-49(43-40-37-34-31-28-23-20-17-14-11-8-5-2)50(48-51)44-41-38-35-32-29-24-21-18-15-12-9-6-3/h45,47-48H,4-44,46H2,1-3H3/q+1. The molecule has 1 heterocycles. The van der Waals surface area contributed by atoms with Crippen LogP contribution in [-0.4, -0.2) is 0 Å². The molecule has 51 heavy (non-hydrogen) atoms. The number of aryl methyl sites for hydroxylation is 3. The first kappa shape index (κ1) is 48.2. The second-order valence-electron chi connectivity index (χ2n) is 17.0. The van der Waals surface area contributed by atoms with Crippen molar-refractivity contribution in [2.75, 3.05) is 0 Å². The van der Waals surface area contributed by atoms with E-state index < -0.39 is 0 Å². The van der Waals surface area contributed by atoms with Gasteiger partial charge in [0.2, 0.25) is 0 Å². The molecule has 1 aromatic rings. The van der Waals surface area contributed by atoms with Gasteiger partial charge in [-0.3, -0.25) is 0 Å². The molecule has 0 N–H and O–H groups in total. The van der Waals surface area contributed by atoms with Crippen LogP contribution in [0.25, 0.3) is 0 Å². The van der Waals surface area contributed by atoms with Crippen LogP contribution in [0.2, 0.25) is 0 Å². The summed E-state index contributed by atoms with van der Waals surface area (Å²) in [6.45, 7) is 8.16. The summed E-state index contributed by atoms with van der Waals surface area (Å²) >= 11 is 0.